The predicted molar refractivity (Wildman–Crippen MR) is 96.8 cm³/mol. The third-order valence-corrected chi connectivity index (χ3v) is 5.48. The molecule has 3 N–H and O–H groups in total. The first-order chi connectivity index (χ1) is 12.0. The van der Waals surface area contributed by atoms with Crippen molar-refractivity contribution < 1.29 is 14.3 Å². The number of nitrogens with one attached hydrogen (secondary N) is 2. The fourth-order valence-electron chi connectivity index (χ4n) is 2.75. The Morgan fingerprint density at radius 3 is 2.96 bits per heavy atom. The monoisotopic (exact) mass is 383 g/mol. The summed E-state index contributed by atoms with van der Waals surface area (Å²) in [6, 6.07) is 3.60. The van der Waals surface area contributed by atoms with Crippen molar-refractivity contribution in [2.75, 3.05) is 11.9 Å². The Balaban J connectivity index is 1.53. The van der Waals surface area contributed by atoms with Gasteiger partial charge < -0.3 is 10.4 Å². The van der Waals surface area contributed by atoms with Crippen molar-refractivity contribution in [3.8, 4) is 0 Å². The highest BCUT2D eigenvalue weighted by molar-refractivity contribution is 7.15. The van der Waals surface area contributed by atoms with Crippen LogP contribution in [-0.4, -0.2) is 22.7 Å². The molecule has 1 unspecified atom stereocenters. The zero-order valence-electron chi connectivity index (χ0n) is 13.5. The van der Waals surface area contributed by atoms with Crippen LogP contribution in [0.2, 0.25) is 5.02 Å². The van der Waals surface area contributed by atoms with Crippen LogP contribution in [0, 0.1) is 5.82 Å². The van der Waals surface area contributed by atoms with E-state index in [0.29, 0.717) is 10.7 Å². The molecule has 2 aromatic rings. The van der Waals surface area contributed by atoms with Crippen molar-refractivity contribution in [1.82, 2.24) is 10.3 Å². The molecule has 0 bridgehead atoms. The van der Waals surface area contributed by atoms with Gasteiger partial charge in [-0.25, -0.2) is 14.2 Å². The van der Waals surface area contributed by atoms with E-state index in [1.165, 1.54) is 34.8 Å². The van der Waals surface area contributed by atoms with Gasteiger partial charge in [-0.2, -0.15) is 0 Å². The Hall–Kier alpha value is -1.70. The minimum absolute atomic E-state index is 0.00908. The Kier molecular flexibility index (Phi) is 5.88. The molecular formula is C17H19ClFN3O2S. The number of halogens is 2. The van der Waals surface area contributed by atoms with Gasteiger partial charge in [0.15, 0.2) is 5.13 Å². The molecule has 0 saturated carbocycles. The van der Waals surface area contributed by atoms with Gasteiger partial charge in [-0.05, 0) is 43.4 Å². The van der Waals surface area contributed by atoms with E-state index >= 15 is 0 Å². The van der Waals surface area contributed by atoms with Crippen molar-refractivity contribution in [1.29, 1.82) is 0 Å². The van der Waals surface area contributed by atoms with E-state index in [1.54, 1.807) is 0 Å². The molecule has 0 radical (unpaired) electrons. The van der Waals surface area contributed by atoms with Crippen LogP contribution in [0.3, 0.4) is 0 Å². The number of hydrogen-bond donors (Lipinski definition) is 3. The molecule has 3 rings (SSSR count). The summed E-state index contributed by atoms with van der Waals surface area (Å²) in [6.45, 7) is -0.0437. The molecule has 0 saturated heterocycles. The quantitative estimate of drug-likeness (QED) is 0.697. The second kappa shape index (κ2) is 8.12. The summed E-state index contributed by atoms with van der Waals surface area (Å²) in [7, 11) is 0. The molecule has 1 aliphatic rings. The number of nitrogens with zero attached hydrogens (tertiary/aromatic N) is 1. The van der Waals surface area contributed by atoms with E-state index in [0.717, 1.165) is 37.4 Å². The average molecular weight is 384 g/mol. The Morgan fingerprint density at radius 1 is 1.36 bits per heavy atom. The molecule has 2 amide bonds. The number of carbonyl (C=O) groups excluding carboxylic acids is 1. The molecule has 1 atom stereocenters. The number of aliphatic hydroxyl groups is 1. The SMILES string of the molecule is O=C(NCC(O)c1ccc(Cl)c(F)c1)Nc1nc2c(s1)CCCCC2. The van der Waals surface area contributed by atoms with Crippen molar-refractivity contribution in [3.05, 3.63) is 45.2 Å². The minimum atomic E-state index is -1.02. The van der Waals surface area contributed by atoms with Gasteiger partial charge in [-0.1, -0.05) is 24.1 Å². The van der Waals surface area contributed by atoms with Crippen LogP contribution in [0.15, 0.2) is 18.2 Å². The van der Waals surface area contributed by atoms with Gasteiger partial charge in [-0.15, -0.1) is 11.3 Å². The summed E-state index contributed by atoms with van der Waals surface area (Å²) in [6.07, 6.45) is 4.45. The number of benzene rings is 1. The topological polar surface area (TPSA) is 74.2 Å². The van der Waals surface area contributed by atoms with Gasteiger partial charge >= 0.3 is 6.03 Å². The second-order valence-corrected chi connectivity index (χ2v) is 7.46. The number of rotatable bonds is 4. The molecule has 5 nitrogen and oxygen atoms in total. The molecule has 25 heavy (non-hydrogen) atoms. The first-order valence-electron chi connectivity index (χ1n) is 8.19. The zero-order chi connectivity index (χ0) is 17.8. The van der Waals surface area contributed by atoms with Crippen LogP contribution < -0.4 is 10.6 Å². The maximum Gasteiger partial charge on any atom is 0.321 e. The molecule has 134 valence electrons. The maximum absolute atomic E-state index is 13.4. The minimum Gasteiger partial charge on any atom is -0.387 e. The molecule has 0 aliphatic heterocycles. The van der Waals surface area contributed by atoms with E-state index < -0.39 is 18.0 Å². The maximum atomic E-state index is 13.4. The smallest absolute Gasteiger partial charge is 0.321 e. The number of fused-ring (bicyclic) bond motifs is 1. The Labute approximate surface area is 154 Å². The lowest BCUT2D eigenvalue weighted by Gasteiger charge is -2.12. The van der Waals surface area contributed by atoms with Gasteiger partial charge in [0.05, 0.1) is 16.8 Å². The predicted octanol–water partition coefficient (Wildman–Crippen LogP) is 4.06. The van der Waals surface area contributed by atoms with Crippen LogP contribution in [0.25, 0.3) is 0 Å². The molecule has 1 heterocycles. The number of anilines is 1. The van der Waals surface area contributed by atoms with Gasteiger partial charge in [0.2, 0.25) is 0 Å². The first-order valence-corrected chi connectivity index (χ1v) is 9.39. The summed E-state index contributed by atoms with van der Waals surface area (Å²) < 4.78 is 13.4. The highest BCUT2D eigenvalue weighted by Gasteiger charge is 2.16. The van der Waals surface area contributed by atoms with Crippen molar-refractivity contribution >= 4 is 34.1 Å². The van der Waals surface area contributed by atoms with Crippen molar-refractivity contribution in [3.63, 3.8) is 0 Å². The van der Waals surface area contributed by atoms with Crippen LogP contribution in [-0.2, 0) is 12.8 Å². The number of amides is 2. The lowest BCUT2D eigenvalue weighted by molar-refractivity contribution is 0.174. The number of thiazole rings is 1. The van der Waals surface area contributed by atoms with Crippen molar-refractivity contribution in [2.24, 2.45) is 0 Å². The van der Waals surface area contributed by atoms with Crippen LogP contribution in [0.5, 0.6) is 0 Å². The van der Waals surface area contributed by atoms with Gasteiger partial charge in [0, 0.05) is 11.4 Å². The molecule has 8 heteroatoms. The number of aryl methyl sites for hydroxylation is 2. The highest BCUT2D eigenvalue weighted by atomic mass is 35.5. The molecule has 1 aromatic carbocycles. The van der Waals surface area contributed by atoms with Crippen molar-refractivity contribution in [2.45, 2.75) is 38.2 Å². The average Bonchev–Trinajstić information content (AvgIpc) is 2.83. The van der Waals surface area contributed by atoms with Gasteiger partial charge in [0.25, 0.3) is 0 Å². The standard InChI is InChI=1S/C17H19ClFN3O2S/c18-11-7-6-10(8-12(11)19)14(23)9-20-16(24)22-17-21-13-4-2-1-3-5-15(13)25-17/h6-8,14,23H,1-5,9H2,(H2,20,21,22,24). The molecule has 1 aromatic heterocycles. The number of aromatic nitrogens is 1. The lowest BCUT2D eigenvalue weighted by Crippen LogP contribution is -2.32. The molecule has 0 spiro atoms. The van der Waals surface area contributed by atoms with Crippen LogP contribution in [0.4, 0.5) is 14.3 Å². The third kappa shape index (κ3) is 4.68. The summed E-state index contributed by atoms with van der Waals surface area (Å²) in [5.74, 6) is -0.605. The molecule has 0 fully saturated rings. The van der Waals surface area contributed by atoms with E-state index in [4.69, 9.17) is 11.6 Å². The van der Waals surface area contributed by atoms with Crippen LogP contribution >= 0.6 is 22.9 Å². The first kappa shape index (κ1) is 18.1. The van der Waals surface area contributed by atoms with E-state index in [2.05, 4.69) is 15.6 Å². The normalized spacial score (nSPS) is 15.2. The number of aliphatic hydroxyl groups excluding tert-OH is 1. The second-order valence-electron chi connectivity index (χ2n) is 5.97. The fraction of sp³-hybridized carbons (Fsp3) is 0.412. The number of hydrogen-bond acceptors (Lipinski definition) is 4. The summed E-state index contributed by atoms with van der Waals surface area (Å²) in [5.41, 5.74) is 1.43. The van der Waals surface area contributed by atoms with Gasteiger partial charge in [0.1, 0.15) is 5.82 Å². The number of carbonyl (C=O) groups is 1. The summed E-state index contributed by atoms with van der Waals surface area (Å²) in [4.78, 5) is 17.7. The number of urea groups is 1. The summed E-state index contributed by atoms with van der Waals surface area (Å²) >= 11 is 7.12. The van der Waals surface area contributed by atoms with Crippen LogP contribution in [0.1, 0.15) is 41.5 Å². The summed E-state index contributed by atoms with van der Waals surface area (Å²) in [5, 5.41) is 15.9. The lowest BCUT2D eigenvalue weighted by atomic mass is 10.1. The molecule has 1 aliphatic carbocycles. The Morgan fingerprint density at radius 2 is 2.16 bits per heavy atom. The zero-order valence-corrected chi connectivity index (χ0v) is 15.1. The third-order valence-electron chi connectivity index (χ3n) is 4.10. The largest absolute Gasteiger partial charge is 0.387 e. The van der Waals surface area contributed by atoms with E-state index in [9.17, 15) is 14.3 Å². The fourth-order valence-corrected chi connectivity index (χ4v) is 3.91. The van der Waals surface area contributed by atoms with Gasteiger partial charge in [-0.3, -0.25) is 5.32 Å². The Bertz CT molecular complexity index is 745. The highest BCUT2D eigenvalue weighted by Crippen LogP contribution is 2.28. The molecular weight excluding hydrogens is 365 g/mol. The van der Waals surface area contributed by atoms with E-state index in [-0.39, 0.29) is 11.6 Å². The van der Waals surface area contributed by atoms with E-state index in [1.807, 2.05) is 0 Å².